The fourth-order valence-electron chi connectivity index (χ4n) is 4.08. The number of morpholine rings is 1. The van der Waals surface area contributed by atoms with Gasteiger partial charge in [0.2, 0.25) is 0 Å². The maximum atomic E-state index is 5.97. The zero-order chi connectivity index (χ0) is 19.8. The summed E-state index contributed by atoms with van der Waals surface area (Å²) in [7, 11) is 1.88. The van der Waals surface area contributed by atoms with Gasteiger partial charge in [-0.25, -0.2) is 0 Å². The molecule has 7 heteroatoms. The maximum Gasteiger partial charge on any atom is 0.193 e. The van der Waals surface area contributed by atoms with Crippen LogP contribution in [0, 0.1) is 5.92 Å². The van der Waals surface area contributed by atoms with Crippen LogP contribution in [0.2, 0.25) is 0 Å². The topological polar surface area (TPSA) is 43.3 Å². The summed E-state index contributed by atoms with van der Waals surface area (Å²) in [6.45, 7) is 14.6. The molecule has 2 fully saturated rings. The van der Waals surface area contributed by atoms with E-state index in [0.717, 1.165) is 71.5 Å². The number of ether oxygens (including phenoxy) is 1. The first-order chi connectivity index (χ1) is 13.6. The van der Waals surface area contributed by atoms with Gasteiger partial charge in [-0.3, -0.25) is 14.8 Å². The number of nitrogens with zero attached hydrogens (tertiary/aromatic N) is 4. The second-order valence-corrected chi connectivity index (χ2v) is 8.32. The highest BCUT2D eigenvalue weighted by atomic mass is 127. The summed E-state index contributed by atoms with van der Waals surface area (Å²) < 4.78 is 5.97. The third-order valence-electron chi connectivity index (χ3n) is 5.47. The lowest BCUT2D eigenvalue weighted by Gasteiger charge is -2.38. The monoisotopic (exact) mass is 515 g/mol. The summed E-state index contributed by atoms with van der Waals surface area (Å²) in [5.41, 5.74) is 1.39. The number of nitrogens with one attached hydrogen (secondary N) is 1. The fraction of sp³-hybridized carbons (Fsp3) is 0.682. The number of guanidine groups is 1. The lowest BCUT2D eigenvalue weighted by Crippen LogP contribution is -2.54. The molecule has 29 heavy (non-hydrogen) atoms. The average molecular weight is 515 g/mol. The summed E-state index contributed by atoms with van der Waals surface area (Å²) >= 11 is 0. The van der Waals surface area contributed by atoms with Crippen LogP contribution in [-0.2, 0) is 11.3 Å². The minimum Gasteiger partial charge on any atom is -0.374 e. The highest BCUT2D eigenvalue weighted by Gasteiger charge is 2.23. The molecule has 1 aromatic rings. The molecule has 0 bridgehead atoms. The lowest BCUT2D eigenvalue weighted by molar-refractivity contribution is -0.0287. The van der Waals surface area contributed by atoms with Crippen molar-refractivity contribution in [2.24, 2.45) is 10.9 Å². The average Bonchev–Trinajstić information content (AvgIpc) is 2.70. The van der Waals surface area contributed by atoms with Gasteiger partial charge in [0.25, 0.3) is 0 Å². The van der Waals surface area contributed by atoms with E-state index >= 15 is 0 Å². The van der Waals surface area contributed by atoms with Gasteiger partial charge in [-0.15, -0.1) is 24.0 Å². The van der Waals surface area contributed by atoms with Crippen molar-refractivity contribution in [1.29, 1.82) is 0 Å². The molecule has 0 aliphatic carbocycles. The summed E-state index contributed by atoms with van der Waals surface area (Å²) in [5, 5.41) is 3.55. The zero-order valence-electron chi connectivity index (χ0n) is 18.2. The number of rotatable bonds is 6. The Labute approximate surface area is 193 Å². The molecule has 6 nitrogen and oxygen atoms in total. The normalized spacial score (nSPS) is 21.9. The Bertz CT molecular complexity index is 604. The lowest BCUT2D eigenvalue weighted by atomic mass is 10.2. The zero-order valence-corrected chi connectivity index (χ0v) is 20.5. The number of hydrogen-bond acceptors (Lipinski definition) is 4. The van der Waals surface area contributed by atoms with Crippen LogP contribution in [0.1, 0.15) is 19.4 Å². The molecule has 164 valence electrons. The predicted molar refractivity (Wildman–Crippen MR) is 131 cm³/mol. The Morgan fingerprint density at radius 3 is 2.48 bits per heavy atom. The Balaban J connectivity index is 0.00000300. The Kier molecular flexibility index (Phi) is 10.7. The van der Waals surface area contributed by atoms with Crippen LogP contribution in [0.4, 0.5) is 0 Å². The van der Waals surface area contributed by atoms with Crippen molar-refractivity contribution < 1.29 is 4.74 Å². The molecule has 1 atom stereocenters. The molecular weight excluding hydrogens is 477 g/mol. The minimum absolute atomic E-state index is 0. The van der Waals surface area contributed by atoms with Gasteiger partial charge in [0, 0.05) is 66.0 Å². The molecule has 1 N–H and O–H groups in total. The van der Waals surface area contributed by atoms with E-state index in [1.807, 2.05) is 7.05 Å². The second-order valence-electron chi connectivity index (χ2n) is 8.32. The van der Waals surface area contributed by atoms with Gasteiger partial charge in [-0.05, 0) is 11.5 Å². The summed E-state index contributed by atoms with van der Waals surface area (Å²) in [5.74, 6) is 1.70. The minimum atomic E-state index is 0. The molecule has 0 saturated carbocycles. The quantitative estimate of drug-likeness (QED) is 0.358. The van der Waals surface area contributed by atoms with E-state index in [2.05, 4.69) is 69.2 Å². The molecule has 2 aliphatic heterocycles. The maximum absolute atomic E-state index is 5.97. The number of piperazine rings is 1. The van der Waals surface area contributed by atoms with Crippen LogP contribution >= 0.6 is 24.0 Å². The number of aliphatic imine (C=N–C) groups is 1. The number of benzene rings is 1. The molecule has 2 heterocycles. The first-order valence-electron chi connectivity index (χ1n) is 10.7. The van der Waals surface area contributed by atoms with Gasteiger partial charge < -0.3 is 15.0 Å². The van der Waals surface area contributed by atoms with Crippen LogP contribution in [0.15, 0.2) is 35.3 Å². The van der Waals surface area contributed by atoms with Gasteiger partial charge >= 0.3 is 0 Å². The molecule has 0 aromatic heterocycles. The highest BCUT2D eigenvalue weighted by Crippen LogP contribution is 2.10. The van der Waals surface area contributed by atoms with Gasteiger partial charge in [-0.1, -0.05) is 44.2 Å². The summed E-state index contributed by atoms with van der Waals surface area (Å²) in [6.07, 6.45) is 0.239. The Hall–Kier alpha value is -0.900. The van der Waals surface area contributed by atoms with Crippen molar-refractivity contribution in [3.63, 3.8) is 0 Å². The highest BCUT2D eigenvalue weighted by molar-refractivity contribution is 14.0. The van der Waals surface area contributed by atoms with Crippen molar-refractivity contribution in [3.8, 4) is 0 Å². The van der Waals surface area contributed by atoms with Crippen molar-refractivity contribution in [2.45, 2.75) is 26.5 Å². The van der Waals surface area contributed by atoms with Crippen molar-refractivity contribution in [1.82, 2.24) is 20.0 Å². The van der Waals surface area contributed by atoms with E-state index in [0.29, 0.717) is 5.92 Å². The summed E-state index contributed by atoms with van der Waals surface area (Å²) in [6, 6.07) is 10.7. The van der Waals surface area contributed by atoms with Crippen molar-refractivity contribution in [3.05, 3.63) is 35.9 Å². The standard InChI is InChI=1S/C22H37N5O.HI/c1-19(2)16-26-13-14-28-21(18-26)15-24-22(23-3)27-11-9-25(10-12-27)17-20-7-5-4-6-8-20;/h4-8,19,21H,9-18H2,1-3H3,(H,23,24);1H. The third kappa shape index (κ3) is 8.03. The molecular formula is C22H38IN5O. The van der Waals surface area contributed by atoms with Crippen LogP contribution in [-0.4, -0.2) is 92.8 Å². The number of hydrogen-bond donors (Lipinski definition) is 1. The molecule has 0 radical (unpaired) electrons. The van der Waals surface area contributed by atoms with Crippen LogP contribution < -0.4 is 5.32 Å². The molecule has 0 amide bonds. The van der Waals surface area contributed by atoms with Crippen molar-refractivity contribution >= 4 is 29.9 Å². The van der Waals surface area contributed by atoms with Gasteiger partial charge in [0.15, 0.2) is 5.96 Å². The van der Waals surface area contributed by atoms with Gasteiger partial charge in [0.1, 0.15) is 0 Å². The molecule has 1 aromatic carbocycles. The van der Waals surface area contributed by atoms with Crippen LogP contribution in [0.5, 0.6) is 0 Å². The summed E-state index contributed by atoms with van der Waals surface area (Å²) in [4.78, 5) is 11.9. The molecule has 2 saturated heterocycles. The second kappa shape index (κ2) is 12.7. The number of halogens is 1. The first-order valence-corrected chi connectivity index (χ1v) is 10.7. The predicted octanol–water partition coefficient (Wildman–Crippen LogP) is 2.35. The molecule has 3 rings (SSSR count). The largest absolute Gasteiger partial charge is 0.374 e. The fourth-order valence-corrected chi connectivity index (χ4v) is 4.08. The van der Waals surface area contributed by atoms with E-state index in [4.69, 9.17) is 4.74 Å². The first kappa shape index (κ1) is 24.4. The van der Waals surface area contributed by atoms with E-state index in [1.165, 1.54) is 5.56 Å². The van der Waals surface area contributed by atoms with Crippen LogP contribution in [0.25, 0.3) is 0 Å². The van der Waals surface area contributed by atoms with E-state index in [1.54, 1.807) is 0 Å². The Morgan fingerprint density at radius 2 is 1.83 bits per heavy atom. The molecule has 2 aliphatic rings. The van der Waals surface area contributed by atoms with Gasteiger partial charge in [-0.2, -0.15) is 0 Å². The SMILES string of the molecule is CN=C(NCC1CN(CC(C)C)CCO1)N1CCN(Cc2ccccc2)CC1.I. The Morgan fingerprint density at radius 1 is 1.10 bits per heavy atom. The van der Waals surface area contributed by atoms with E-state index in [-0.39, 0.29) is 30.1 Å². The molecule has 0 spiro atoms. The van der Waals surface area contributed by atoms with E-state index < -0.39 is 0 Å². The molecule has 1 unspecified atom stereocenters. The smallest absolute Gasteiger partial charge is 0.193 e. The van der Waals surface area contributed by atoms with Gasteiger partial charge in [0.05, 0.1) is 12.7 Å². The van der Waals surface area contributed by atoms with E-state index in [9.17, 15) is 0 Å². The van der Waals surface area contributed by atoms with Crippen molar-refractivity contribution in [2.75, 3.05) is 66.0 Å². The van der Waals surface area contributed by atoms with Crippen LogP contribution in [0.3, 0.4) is 0 Å². The third-order valence-corrected chi connectivity index (χ3v) is 5.47.